The van der Waals surface area contributed by atoms with E-state index in [4.69, 9.17) is 5.73 Å². The maximum atomic E-state index is 5.82. The molecular weight excluding hydrogens is 234 g/mol. The molecule has 3 N–H and O–H groups in total. The third-order valence-electron chi connectivity index (χ3n) is 3.16. The van der Waals surface area contributed by atoms with Crippen molar-refractivity contribution >= 4 is 23.5 Å². The van der Waals surface area contributed by atoms with Gasteiger partial charge in [0.1, 0.15) is 5.82 Å². The van der Waals surface area contributed by atoms with Gasteiger partial charge >= 0.3 is 0 Å². The van der Waals surface area contributed by atoms with Gasteiger partial charge < -0.3 is 16.0 Å². The second kappa shape index (κ2) is 4.70. The molecule has 0 amide bonds. The molecule has 0 bridgehead atoms. The highest BCUT2D eigenvalue weighted by molar-refractivity contribution is 7.99. The fourth-order valence-electron chi connectivity index (χ4n) is 2.32. The van der Waals surface area contributed by atoms with Gasteiger partial charge in [-0.1, -0.05) is 0 Å². The molecular formula is C11H17N5S. The number of nitrogens with two attached hydrogens (primary N) is 1. The predicted molar refractivity (Wildman–Crippen MR) is 70.6 cm³/mol. The van der Waals surface area contributed by atoms with Gasteiger partial charge in [0.15, 0.2) is 0 Å². The second-order valence-corrected chi connectivity index (χ2v) is 5.48. The highest BCUT2D eigenvalue weighted by Crippen LogP contribution is 2.36. The zero-order chi connectivity index (χ0) is 11.7. The summed E-state index contributed by atoms with van der Waals surface area (Å²) in [5.41, 5.74) is 6.96. The van der Waals surface area contributed by atoms with E-state index in [1.165, 1.54) is 17.1 Å². The van der Waals surface area contributed by atoms with Gasteiger partial charge in [0.2, 0.25) is 5.95 Å². The molecule has 0 aliphatic carbocycles. The van der Waals surface area contributed by atoms with E-state index in [2.05, 4.69) is 20.2 Å². The molecule has 1 aromatic rings. The predicted octanol–water partition coefficient (Wildman–Crippen LogP) is 0.507. The molecule has 0 unspecified atom stereocenters. The topological polar surface area (TPSA) is 67.1 Å². The Kier molecular flexibility index (Phi) is 3.07. The molecule has 1 fully saturated rings. The van der Waals surface area contributed by atoms with Gasteiger partial charge in [0.05, 0.1) is 10.6 Å². The van der Waals surface area contributed by atoms with Crippen LogP contribution in [0.3, 0.4) is 0 Å². The lowest BCUT2D eigenvalue weighted by atomic mass is 10.2. The Bertz CT molecular complexity index is 417. The molecule has 1 aromatic heterocycles. The number of aromatic nitrogens is 2. The summed E-state index contributed by atoms with van der Waals surface area (Å²) >= 11 is 1.88. The molecule has 2 aliphatic rings. The largest absolute Gasteiger partial charge is 0.368 e. The maximum absolute atomic E-state index is 5.82. The summed E-state index contributed by atoms with van der Waals surface area (Å²) in [6.07, 6.45) is 2.23. The first-order valence-electron chi connectivity index (χ1n) is 6.09. The number of piperazine rings is 1. The molecule has 3 rings (SSSR count). The van der Waals surface area contributed by atoms with Crippen molar-refractivity contribution in [2.75, 3.05) is 42.6 Å². The smallest absolute Gasteiger partial charge is 0.222 e. The average molecular weight is 251 g/mol. The van der Waals surface area contributed by atoms with Crippen molar-refractivity contribution in [3.05, 3.63) is 5.69 Å². The normalized spacial score (nSPS) is 20.1. The van der Waals surface area contributed by atoms with E-state index in [1.807, 2.05) is 11.8 Å². The van der Waals surface area contributed by atoms with E-state index in [0.29, 0.717) is 5.95 Å². The third kappa shape index (κ3) is 2.19. The van der Waals surface area contributed by atoms with Crippen LogP contribution in [0.2, 0.25) is 0 Å². The lowest BCUT2D eigenvalue weighted by Crippen LogP contribution is -2.44. The number of hydrogen-bond acceptors (Lipinski definition) is 6. The molecule has 92 valence electrons. The zero-order valence-electron chi connectivity index (χ0n) is 9.78. The van der Waals surface area contributed by atoms with Crippen molar-refractivity contribution in [3.8, 4) is 0 Å². The van der Waals surface area contributed by atoms with Crippen LogP contribution >= 0.6 is 11.8 Å². The first-order valence-corrected chi connectivity index (χ1v) is 7.08. The van der Waals surface area contributed by atoms with Crippen LogP contribution in [-0.4, -0.2) is 41.9 Å². The molecule has 0 aromatic carbocycles. The number of nitrogen functional groups attached to an aromatic ring is 1. The summed E-state index contributed by atoms with van der Waals surface area (Å²) < 4.78 is 0. The van der Waals surface area contributed by atoms with E-state index in [0.717, 1.165) is 44.1 Å². The van der Waals surface area contributed by atoms with Gasteiger partial charge in [-0.3, -0.25) is 0 Å². The van der Waals surface area contributed by atoms with E-state index >= 15 is 0 Å². The monoisotopic (exact) mass is 251 g/mol. The zero-order valence-corrected chi connectivity index (χ0v) is 10.6. The van der Waals surface area contributed by atoms with E-state index in [-0.39, 0.29) is 0 Å². The van der Waals surface area contributed by atoms with Crippen molar-refractivity contribution in [2.24, 2.45) is 0 Å². The van der Waals surface area contributed by atoms with Gasteiger partial charge in [0, 0.05) is 26.2 Å². The minimum atomic E-state index is 0.416. The standard InChI is InChI=1S/C11H17N5S/c12-11-14-8-2-1-7-17-9(8)10(15-11)16-5-3-13-4-6-16/h13H,1-7H2,(H2,12,14,15). The van der Waals surface area contributed by atoms with Crippen LogP contribution in [0.1, 0.15) is 12.1 Å². The van der Waals surface area contributed by atoms with Crippen LogP contribution in [0.25, 0.3) is 0 Å². The van der Waals surface area contributed by atoms with E-state index in [9.17, 15) is 0 Å². The Labute approximate surface area is 105 Å². The Balaban J connectivity index is 1.98. The van der Waals surface area contributed by atoms with Gasteiger partial charge in [-0.15, -0.1) is 11.8 Å². The molecule has 3 heterocycles. The number of nitrogens with one attached hydrogen (secondary N) is 1. The van der Waals surface area contributed by atoms with Gasteiger partial charge in [-0.2, -0.15) is 4.98 Å². The molecule has 1 saturated heterocycles. The first-order chi connectivity index (χ1) is 8.34. The van der Waals surface area contributed by atoms with Gasteiger partial charge in [-0.05, 0) is 18.6 Å². The minimum absolute atomic E-state index is 0.416. The number of rotatable bonds is 1. The summed E-state index contributed by atoms with van der Waals surface area (Å²) in [5, 5.41) is 3.36. The molecule has 0 atom stereocenters. The van der Waals surface area contributed by atoms with Crippen molar-refractivity contribution in [1.29, 1.82) is 0 Å². The summed E-state index contributed by atoms with van der Waals surface area (Å²) in [6.45, 7) is 4.04. The number of fused-ring (bicyclic) bond motifs is 1. The summed E-state index contributed by atoms with van der Waals surface area (Å²) in [5.74, 6) is 2.64. The summed E-state index contributed by atoms with van der Waals surface area (Å²) in [7, 11) is 0. The Morgan fingerprint density at radius 2 is 2.06 bits per heavy atom. The lowest BCUT2D eigenvalue weighted by molar-refractivity contribution is 0.580. The number of anilines is 2. The SMILES string of the molecule is Nc1nc2c(c(N3CCNCC3)n1)SCCC2. The molecule has 0 saturated carbocycles. The molecule has 0 spiro atoms. The highest BCUT2D eigenvalue weighted by Gasteiger charge is 2.22. The lowest BCUT2D eigenvalue weighted by Gasteiger charge is -2.31. The quantitative estimate of drug-likeness (QED) is 0.758. The molecule has 17 heavy (non-hydrogen) atoms. The summed E-state index contributed by atoms with van der Waals surface area (Å²) in [6, 6.07) is 0. The fraction of sp³-hybridized carbons (Fsp3) is 0.636. The number of nitrogens with zero attached hydrogens (tertiary/aromatic N) is 3. The Morgan fingerprint density at radius 1 is 1.24 bits per heavy atom. The number of thioether (sulfide) groups is 1. The van der Waals surface area contributed by atoms with Crippen LogP contribution < -0.4 is 16.0 Å². The summed E-state index contributed by atoms with van der Waals surface area (Å²) in [4.78, 5) is 12.4. The average Bonchev–Trinajstić information content (AvgIpc) is 2.39. The van der Waals surface area contributed by atoms with Crippen molar-refractivity contribution in [1.82, 2.24) is 15.3 Å². The van der Waals surface area contributed by atoms with Crippen LogP contribution in [0, 0.1) is 0 Å². The highest BCUT2D eigenvalue weighted by atomic mass is 32.2. The van der Waals surface area contributed by atoms with Gasteiger partial charge in [0.25, 0.3) is 0 Å². The van der Waals surface area contributed by atoms with Crippen LogP contribution in [0.5, 0.6) is 0 Å². The molecule has 5 nitrogen and oxygen atoms in total. The van der Waals surface area contributed by atoms with Crippen LogP contribution in [-0.2, 0) is 6.42 Å². The van der Waals surface area contributed by atoms with Crippen LogP contribution in [0.15, 0.2) is 4.90 Å². The minimum Gasteiger partial charge on any atom is -0.368 e. The van der Waals surface area contributed by atoms with Crippen molar-refractivity contribution < 1.29 is 0 Å². The Hall–Kier alpha value is -1.01. The van der Waals surface area contributed by atoms with E-state index in [1.54, 1.807) is 0 Å². The van der Waals surface area contributed by atoms with Crippen molar-refractivity contribution in [2.45, 2.75) is 17.7 Å². The fourth-order valence-corrected chi connectivity index (χ4v) is 3.44. The number of aryl methyl sites for hydroxylation is 1. The van der Waals surface area contributed by atoms with Crippen molar-refractivity contribution in [3.63, 3.8) is 0 Å². The van der Waals surface area contributed by atoms with Gasteiger partial charge in [-0.25, -0.2) is 4.98 Å². The van der Waals surface area contributed by atoms with Crippen LogP contribution in [0.4, 0.5) is 11.8 Å². The first kappa shape index (κ1) is 11.1. The second-order valence-electron chi connectivity index (χ2n) is 4.37. The number of hydrogen-bond donors (Lipinski definition) is 2. The third-order valence-corrected chi connectivity index (χ3v) is 4.36. The maximum Gasteiger partial charge on any atom is 0.222 e. The molecule has 0 radical (unpaired) electrons. The molecule has 6 heteroatoms. The molecule has 2 aliphatic heterocycles. The van der Waals surface area contributed by atoms with E-state index < -0.39 is 0 Å². The Morgan fingerprint density at radius 3 is 2.88 bits per heavy atom.